The fourth-order valence-corrected chi connectivity index (χ4v) is 14.8. The summed E-state index contributed by atoms with van der Waals surface area (Å²) in [5.41, 5.74) is 11.8. The largest absolute Gasteiger partial charge is 0.452 e. The molecule has 0 N–H and O–H groups in total. The first-order valence-electron chi connectivity index (χ1n) is 26.1. The molecule has 0 atom stereocenters. The van der Waals surface area contributed by atoms with Gasteiger partial charge in [-0.25, -0.2) is 13.2 Å². The molecule has 0 saturated heterocycles. The molecular formula is C66H30N6O7S2. The normalized spacial score (nSPS) is 12.6. The summed E-state index contributed by atoms with van der Waals surface area (Å²) in [6.45, 7) is 0. The number of benzene rings is 10. The van der Waals surface area contributed by atoms with Gasteiger partial charge in [0.2, 0.25) is 0 Å². The molecule has 0 unspecified atom stereocenters. The zero-order chi connectivity index (χ0) is 53.1. The second-order valence-electron chi connectivity index (χ2n) is 20.6. The Morgan fingerprint density at radius 2 is 0.926 bits per heavy atom. The van der Waals surface area contributed by atoms with Crippen molar-refractivity contribution in [1.82, 2.24) is 28.2 Å². The van der Waals surface area contributed by atoms with Crippen LogP contribution < -0.4 is 16.7 Å². The summed E-state index contributed by atoms with van der Waals surface area (Å²) in [6, 6.07) is 59.6. The van der Waals surface area contributed by atoms with Gasteiger partial charge in [-0.1, -0.05) is 97.1 Å². The van der Waals surface area contributed by atoms with E-state index in [4.69, 9.17) is 27.6 Å². The average molecular weight is 1080 g/mol. The van der Waals surface area contributed by atoms with Gasteiger partial charge in [0, 0.05) is 46.4 Å². The Balaban J connectivity index is 0.664. The molecule has 13 nitrogen and oxygen atoms in total. The highest BCUT2D eigenvalue weighted by molar-refractivity contribution is 7.27. The van der Waals surface area contributed by atoms with Crippen molar-refractivity contribution in [3.63, 3.8) is 0 Å². The van der Waals surface area contributed by atoms with E-state index < -0.39 is 0 Å². The molecule has 0 amide bonds. The first kappa shape index (κ1) is 43.3. The molecule has 19 aromatic rings. The van der Waals surface area contributed by atoms with Crippen molar-refractivity contribution in [2.24, 2.45) is 0 Å². The minimum Gasteiger partial charge on any atom is -0.452 e. The van der Waals surface area contributed by atoms with Crippen LogP contribution in [0.2, 0.25) is 0 Å². The molecule has 0 aliphatic heterocycles. The molecule has 81 heavy (non-hydrogen) atoms. The predicted molar refractivity (Wildman–Crippen MR) is 323 cm³/mol. The smallest absolute Gasteiger partial charge is 0.310 e. The van der Waals surface area contributed by atoms with E-state index in [0.29, 0.717) is 71.6 Å². The Hall–Kier alpha value is -10.7. The highest BCUT2D eigenvalue weighted by Gasteiger charge is 2.23. The van der Waals surface area contributed by atoms with E-state index in [-0.39, 0.29) is 34.2 Å². The highest BCUT2D eigenvalue weighted by Crippen LogP contribution is 2.44. The molecule has 0 bridgehead atoms. The summed E-state index contributed by atoms with van der Waals surface area (Å²) < 4.78 is 34.0. The van der Waals surface area contributed by atoms with Crippen molar-refractivity contribution < 1.29 is 17.7 Å². The summed E-state index contributed by atoms with van der Waals surface area (Å²) in [7, 11) is 0. The fraction of sp³-hybridized carbons (Fsp3) is 0. The number of nitrogens with zero attached hydrogens (tertiary/aromatic N) is 6. The number of imidazole rings is 3. The molecule has 0 aliphatic rings. The lowest BCUT2D eigenvalue weighted by atomic mass is 9.99. The number of thiophene rings is 2. The van der Waals surface area contributed by atoms with E-state index in [2.05, 4.69) is 65.6 Å². The SMILES string of the molecule is O=c1c2cc3c(cc2oc2nc4ccccc4n12)sc1c(-c2ccc4oc5nc6c7sc8ccc(-c9ccc(-c%10ccc%11nc%12oc%13c(ccc%14c%15ccccc%15oc%14%13)c(=O)n%12c%11c%10)cc9)cc8c7ccc6n5c(=O)c4c2)cccc13. The molecule has 9 aromatic heterocycles. The molecule has 19 rings (SSSR count). The summed E-state index contributed by atoms with van der Waals surface area (Å²) in [5, 5.41) is 7.23. The van der Waals surface area contributed by atoms with Gasteiger partial charge in [0.15, 0.2) is 11.2 Å². The van der Waals surface area contributed by atoms with Crippen molar-refractivity contribution in [2.45, 2.75) is 0 Å². The van der Waals surface area contributed by atoms with Gasteiger partial charge >= 0.3 is 17.5 Å². The number of para-hydroxylation sites is 3. The molecule has 378 valence electrons. The van der Waals surface area contributed by atoms with E-state index in [0.717, 1.165) is 90.1 Å². The van der Waals surface area contributed by atoms with Crippen LogP contribution in [-0.2, 0) is 0 Å². The molecule has 0 spiro atoms. The number of hydrogen-bond donors (Lipinski definition) is 0. The molecule has 0 fully saturated rings. The maximum atomic E-state index is 14.7. The van der Waals surface area contributed by atoms with Crippen molar-refractivity contribution in [2.75, 3.05) is 0 Å². The summed E-state index contributed by atoms with van der Waals surface area (Å²) >= 11 is 3.26. The van der Waals surface area contributed by atoms with Crippen LogP contribution in [0.3, 0.4) is 0 Å². The first-order chi connectivity index (χ1) is 39.8. The Bertz CT molecular complexity index is 6310. The van der Waals surface area contributed by atoms with Gasteiger partial charge in [-0.2, -0.15) is 15.0 Å². The van der Waals surface area contributed by atoms with Crippen LogP contribution in [-0.4, -0.2) is 28.2 Å². The predicted octanol–water partition coefficient (Wildman–Crippen LogP) is 16.0. The molecule has 0 saturated carbocycles. The Morgan fingerprint density at radius 1 is 0.333 bits per heavy atom. The van der Waals surface area contributed by atoms with Gasteiger partial charge in [0.25, 0.3) is 16.7 Å². The van der Waals surface area contributed by atoms with Crippen LogP contribution in [0.15, 0.2) is 214 Å². The summed E-state index contributed by atoms with van der Waals surface area (Å²) in [5.74, 6) is 0.685. The lowest BCUT2D eigenvalue weighted by Crippen LogP contribution is -2.12. The van der Waals surface area contributed by atoms with Crippen LogP contribution in [0, 0.1) is 0 Å². The zero-order valence-electron chi connectivity index (χ0n) is 41.7. The molecular weight excluding hydrogens is 1050 g/mol. The third-order valence-electron chi connectivity index (χ3n) is 16.2. The number of hydrogen-bond acceptors (Lipinski definition) is 12. The fourth-order valence-electron chi connectivity index (χ4n) is 12.4. The van der Waals surface area contributed by atoms with Crippen molar-refractivity contribution >= 4 is 168 Å². The lowest BCUT2D eigenvalue weighted by Gasteiger charge is -2.06. The molecule has 15 heteroatoms. The van der Waals surface area contributed by atoms with Crippen molar-refractivity contribution in [3.05, 3.63) is 213 Å². The zero-order valence-corrected chi connectivity index (χ0v) is 43.3. The van der Waals surface area contributed by atoms with Crippen LogP contribution in [0.25, 0.3) is 179 Å². The van der Waals surface area contributed by atoms with Gasteiger partial charge in [0.1, 0.15) is 22.3 Å². The maximum absolute atomic E-state index is 14.7. The lowest BCUT2D eigenvalue weighted by molar-refractivity contribution is 0.600. The van der Waals surface area contributed by atoms with Crippen molar-refractivity contribution in [1.29, 1.82) is 0 Å². The summed E-state index contributed by atoms with van der Waals surface area (Å²) in [4.78, 5) is 57.1. The minimum absolute atomic E-state index is 0.184. The summed E-state index contributed by atoms with van der Waals surface area (Å²) in [6.07, 6.45) is 0. The molecule has 0 aliphatic carbocycles. The molecule has 9 heterocycles. The number of furan rings is 1. The van der Waals surface area contributed by atoms with Gasteiger partial charge in [0.05, 0.1) is 48.4 Å². The average Bonchev–Trinajstić information content (AvgIpc) is 3.91. The van der Waals surface area contributed by atoms with Gasteiger partial charge < -0.3 is 17.7 Å². The van der Waals surface area contributed by atoms with Gasteiger partial charge in [-0.15, -0.1) is 22.7 Å². The number of fused-ring (bicyclic) bond motifs is 23. The molecule has 10 aromatic carbocycles. The number of aromatic nitrogens is 6. The third kappa shape index (κ3) is 5.81. The number of rotatable bonds is 3. The second kappa shape index (κ2) is 15.3. The van der Waals surface area contributed by atoms with E-state index in [1.54, 1.807) is 33.1 Å². The van der Waals surface area contributed by atoms with Gasteiger partial charge in [-0.3, -0.25) is 14.4 Å². The third-order valence-corrected chi connectivity index (χ3v) is 18.6. The van der Waals surface area contributed by atoms with E-state index >= 15 is 0 Å². The van der Waals surface area contributed by atoms with Crippen LogP contribution in [0.5, 0.6) is 0 Å². The topological polar surface area (TPSA) is 156 Å². The van der Waals surface area contributed by atoms with Crippen LogP contribution in [0.4, 0.5) is 0 Å². The Kier molecular flexibility index (Phi) is 8.17. The van der Waals surface area contributed by atoms with E-state index in [9.17, 15) is 14.4 Å². The van der Waals surface area contributed by atoms with E-state index in [1.807, 2.05) is 115 Å². The minimum atomic E-state index is -0.227. The molecule has 0 radical (unpaired) electrons. The second-order valence-corrected chi connectivity index (χ2v) is 22.7. The quantitative estimate of drug-likeness (QED) is 0.167. The van der Waals surface area contributed by atoms with Crippen LogP contribution in [0.1, 0.15) is 0 Å². The van der Waals surface area contributed by atoms with Crippen LogP contribution >= 0.6 is 22.7 Å². The first-order valence-corrected chi connectivity index (χ1v) is 27.7. The monoisotopic (exact) mass is 1080 g/mol. The maximum Gasteiger partial charge on any atom is 0.310 e. The highest BCUT2D eigenvalue weighted by atomic mass is 32.1. The van der Waals surface area contributed by atoms with E-state index in [1.165, 1.54) is 8.80 Å². The Labute approximate surface area is 458 Å². The van der Waals surface area contributed by atoms with Gasteiger partial charge in [-0.05, 0) is 118 Å². The van der Waals surface area contributed by atoms with Crippen molar-refractivity contribution in [3.8, 4) is 33.4 Å². The Morgan fingerprint density at radius 3 is 1.81 bits per heavy atom. The standard InChI is InChI=1S/C66H30N6O7S2/c73-61-41-20-19-38-37-6-1-4-11-51(37)76-57(38)58(41)79-65-68-47-22-16-34(28-50(47)72(61)65)32-14-12-31(13-15-32)33-18-25-54-42(26-33)40-21-23-49-56(60(40)80-54)69-66-71(49)62(74)44-27-35(17-24-52(44)77-66)36-7-5-8-39-43-29-45-53(30-55(43)81-59(36)39)78-64-67-46-9-2-3-10-48(46)70(64)63(45)75/h1-30H.